The molecule has 1 aromatic heterocycles. The van der Waals surface area contributed by atoms with Crippen LogP contribution in [0.4, 0.5) is 0 Å². The Morgan fingerprint density at radius 3 is 2.64 bits per heavy atom. The molecule has 0 amide bonds. The Bertz CT molecular complexity index is 789. The number of aliphatic hydroxyl groups is 1. The molecule has 0 fully saturated rings. The predicted octanol–water partition coefficient (Wildman–Crippen LogP) is 2.87. The van der Waals surface area contributed by atoms with E-state index >= 15 is 0 Å². The molecule has 0 spiro atoms. The van der Waals surface area contributed by atoms with Crippen LogP contribution in [0.2, 0.25) is 0 Å². The molecule has 3 aromatic rings. The van der Waals surface area contributed by atoms with Crippen LogP contribution in [0.5, 0.6) is 5.75 Å². The zero-order valence-corrected chi connectivity index (χ0v) is 14.0. The van der Waals surface area contributed by atoms with Crippen molar-refractivity contribution in [3.8, 4) is 17.1 Å². The van der Waals surface area contributed by atoms with Gasteiger partial charge in [-0.05, 0) is 17.7 Å². The topological polar surface area (TPSA) is 77.6 Å². The zero-order chi connectivity index (χ0) is 17.5. The molecule has 25 heavy (non-hydrogen) atoms. The first kappa shape index (κ1) is 17.1. The van der Waals surface area contributed by atoms with Gasteiger partial charge in [-0.1, -0.05) is 47.6 Å². The number of nitrogens with zero attached hydrogens (tertiary/aromatic N) is 2. The van der Waals surface area contributed by atoms with Gasteiger partial charge < -0.3 is 19.1 Å². The van der Waals surface area contributed by atoms with Gasteiger partial charge in [0.15, 0.2) is 0 Å². The van der Waals surface area contributed by atoms with Crippen molar-refractivity contribution >= 4 is 0 Å². The lowest BCUT2D eigenvalue weighted by molar-refractivity contribution is 0.0253. The molecule has 1 heterocycles. The molecule has 130 valence electrons. The maximum absolute atomic E-state index is 10.1. The van der Waals surface area contributed by atoms with Crippen molar-refractivity contribution in [1.82, 2.24) is 10.1 Å². The molecule has 3 rings (SSSR count). The SMILES string of the molecule is COc1ccccc1-c1noc(CC(O)COCc2ccccc2)n1. The van der Waals surface area contributed by atoms with E-state index in [9.17, 15) is 5.11 Å². The number of hydrogen-bond acceptors (Lipinski definition) is 6. The van der Waals surface area contributed by atoms with Gasteiger partial charge in [-0.15, -0.1) is 0 Å². The molecule has 0 saturated carbocycles. The number of para-hydroxylation sites is 1. The second-order valence-corrected chi connectivity index (χ2v) is 5.57. The minimum Gasteiger partial charge on any atom is -0.496 e. The van der Waals surface area contributed by atoms with Crippen molar-refractivity contribution < 1.29 is 19.1 Å². The van der Waals surface area contributed by atoms with E-state index in [0.717, 1.165) is 11.1 Å². The average molecular weight is 340 g/mol. The van der Waals surface area contributed by atoms with Gasteiger partial charge in [0.2, 0.25) is 11.7 Å². The van der Waals surface area contributed by atoms with E-state index in [1.165, 1.54) is 0 Å². The molecule has 0 saturated heterocycles. The van der Waals surface area contributed by atoms with Crippen LogP contribution < -0.4 is 4.74 Å². The highest BCUT2D eigenvalue weighted by Gasteiger charge is 2.15. The smallest absolute Gasteiger partial charge is 0.229 e. The van der Waals surface area contributed by atoms with E-state index < -0.39 is 6.10 Å². The Morgan fingerprint density at radius 1 is 1.08 bits per heavy atom. The van der Waals surface area contributed by atoms with Crippen LogP contribution in [-0.4, -0.2) is 35.1 Å². The van der Waals surface area contributed by atoms with Crippen LogP contribution in [0.15, 0.2) is 59.1 Å². The number of ether oxygens (including phenoxy) is 2. The third-order valence-corrected chi connectivity index (χ3v) is 3.65. The first-order valence-corrected chi connectivity index (χ1v) is 8.02. The molecular weight excluding hydrogens is 320 g/mol. The van der Waals surface area contributed by atoms with Crippen LogP contribution in [0.3, 0.4) is 0 Å². The summed E-state index contributed by atoms with van der Waals surface area (Å²) in [6.45, 7) is 0.648. The Morgan fingerprint density at radius 2 is 1.84 bits per heavy atom. The highest BCUT2D eigenvalue weighted by Crippen LogP contribution is 2.27. The fourth-order valence-electron chi connectivity index (χ4n) is 2.42. The summed E-state index contributed by atoms with van der Waals surface area (Å²) < 4.78 is 16.0. The third kappa shape index (κ3) is 4.65. The molecule has 0 aliphatic carbocycles. The van der Waals surface area contributed by atoms with Crippen LogP contribution in [0.1, 0.15) is 11.5 Å². The lowest BCUT2D eigenvalue weighted by Crippen LogP contribution is -2.18. The zero-order valence-electron chi connectivity index (χ0n) is 14.0. The molecule has 0 aliphatic rings. The van der Waals surface area contributed by atoms with E-state index in [1.807, 2.05) is 54.6 Å². The van der Waals surface area contributed by atoms with Crippen LogP contribution in [0, 0.1) is 0 Å². The number of hydrogen-bond donors (Lipinski definition) is 1. The molecule has 6 nitrogen and oxygen atoms in total. The van der Waals surface area contributed by atoms with Gasteiger partial charge in [0, 0.05) is 0 Å². The Balaban J connectivity index is 1.54. The highest BCUT2D eigenvalue weighted by molar-refractivity contribution is 5.63. The first-order chi connectivity index (χ1) is 12.3. The average Bonchev–Trinajstić information content (AvgIpc) is 3.10. The van der Waals surface area contributed by atoms with E-state index in [2.05, 4.69) is 10.1 Å². The van der Waals surface area contributed by atoms with Gasteiger partial charge in [0.25, 0.3) is 0 Å². The number of aliphatic hydroxyl groups excluding tert-OH is 1. The Kier molecular flexibility index (Phi) is 5.77. The van der Waals surface area contributed by atoms with Gasteiger partial charge in [0.1, 0.15) is 5.75 Å². The van der Waals surface area contributed by atoms with E-state index in [4.69, 9.17) is 14.0 Å². The number of benzene rings is 2. The summed E-state index contributed by atoms with van der Waals surface area (Å²) in [5.41, 5.74) is 1.81. The molecular formula is C19H20N2O4. The monoisotopic (exact) mass is 340 g/mol. The van der Waals surface area contributed by atoms with Gasteiger partial charge >= 0.3 is 0 Å². The van der Waals surface area contributed by atoms with Crippen molar-refractivity contribution in [3.63, 3.8) is 0 Å². The Labute approximate surface area is 146 Å². The summed E-state index contributed by atoms with van der Waals surface area (Å²) >= 11 is 0. The fourth-order valence-corrected chi connectivity index (χ4v) is 2.42. The largest absolute Gasteiger partial charge is 0.496 e. The van der Waals surface area contributed by atoms with Crippen molar-refractivity contribution in [3.05, 3.63) is 66.1 Å². The second-order valence-electron chi connectivity index (χ2n) is 5.57. The Hall–Kier alpha value is -2.70. The molecule has 1 N–H and O–H groups in total. The van der Waals surface area contributed by atoms with Crippen molar-refractivity contribution in [1.29, 1.82) is 0 Å². The summed E-state index contributed by atoms with van der Waals surface area (Å²) in [5.74, 6) is 1.46. The summed E-state index contributed by atoms with van der Waals surface area (Å²) in [6, 6.07) is 17.2. The number of methoxy groups -OCH3 is 1. The maximum Gasteiger partial charge on any atom is 0.229 e. The normalized spacial score (nSPS) is 12.1. The van der Waals surface area contributed by atoms with Crippen LogP contribution >= 0.6 is 0 Å². The van der Waals surface area contributed by atoms with E-state index in [1.54, 1.807) is 7.11 Å². The van der Waals surface area contributed by atoms with E-state index in [0.29, 0.717) is 24.1 Å². The lowest BCUT2D eigenvalue weighted by atomic mass is 10.2. The van der Waals surface area contributed by atoms with Gasteiger partial charge in [-0.3, -0.25) is 0 Å². The maximum atomic E-state index is 10.1. The summed E-state index contributed by atoms with van der Waals surface area (Å²) in [7, 11) is 1.59. The minimum atomic E-state index is -0.713. The minimum absolute atomic E-state index is 0.196. The highest BCUT2D eigenvalue weighted by atomic mass is 16.5. The predicted molar refractivity (Wildman–Crippen MR) is 92.1 cm³/mol. The second kappa shape index (κ2) is 8.41. The molecule has 1 atom stereocenters. The number of aromatic nitrogens is 2. The van der Waals surface area contributed by atoms with Crippen LogP contribution in [0.25, 0.3) is 11.4 Å². The molecule has 1 unspecified atom stereocenters. The quantitative estimate of drug-likeness (QED) is 0.679. The van der Waals surface area contributed by atoms with Crippen molar-refractivity contribution in [2.24, 2.45) is 0 Å². The van der Waals surface area contributed by atoms with Crippen LogP contribution in [-0.2, 0) is 17.8 Å². The summed E-state index contributed by atoms with van der Waals surface area (Å²) in [4.78, 5) is 4.32. The third-order valence-electron chi connectivity index (χ3n) is 3.65. The van der Waals surface area contributed by atoms with E-state index in [-0.39, 0.29) is 13.0 Å². The van der Waals surface area contributed by atoms with Gasteiger partial charge in [-0.25, -0.2) is 0 Å². The lowest BCUT2D eigenvalue weighted by Gasteiger charge is -2.09. The first-order valence-electron chi connectivity index (χ1n) is 8.02. The van der Waals surface area contributed by atoms with Gasteiger partial charge in [0.05, 0.1) is 38.4 Å². The van der Waals surface area contributed by atoms with Gasteiger partial charge in [-0.2, -0.15) is 4.98 Å². The number of rotatable bonds is 8. The molecule has 6 heteroatoms. The summed E-state index contributed by atoms with van der Waals surface area (Å²) in [6.07, 6.45) is -0.480. The molecule has 0 aliphatic heterocycles. The standard InChI is InChI=1S/C19H20N2O4/c1-23-17-10-6-5-9-16(17)19-20-18(25-21-19)11-15(22)13-24-12-14-7-3-2-4-8-14/h2-10,15,22H,11-13H2,1H3. The molecule has 0 bridgehead atoms. The molecule has 0 radical (unpaired) electrons. The summed E-state index contributed by atoms with van der Waals surface area (Å²) in [5, 5.41) is 14.0. The molecule has 2 aromatic carbocycles. The van der Waals surface area contributed by atoms with Crippen molar-refractivity contribution in [2.75, 3.05) is 13.7 Å². The fraction of sp³-hybridized carbons (Fsp3) is 0.263. The van der Waals surface area contributed by atoms with Crippen molar-refractivity contribution in [2.45, 2.75) is 19.1 Å².